The highest BCUT2D eigenvalue weighted by atomic mass is 35.5. The zero-order valence-electron chi connectivity index (χ0n) is 15.5. The lowest BCUT2D eigenvalue weighted by molar-refractivity contribution is -0.127. The van der Waals surface area contributed by atoms with E-state index >= 15 is 0 Å². The number of amides is 1. The van der Waals surface area contributed by atoms with Crippen LogP contribution in [-0.2, 0) is 14.8 Å². The fourth-order valence-corrected chi connectivity index (χ4v) is 3.93. The van der Waals surface area contributed by atoms with E-state index in [-0.39, 0.29) is 19.7 Å². The number of aryl methyl sites for hydroxylation is 1. The lowest BCUT2D eigenvalue weighted by Crippen LogP contribution is -2.51. The van der Waals surface area contributed by atoms with Gasteiger partial charge in [0.25, 0.3) is 5.91 Å². The Morgan fingerprint density at radius 1 is 1.32 bits per heavy atom. The molecule has 2 aromatic carbocycles. The molecule has 0 aliphatic carbocycles. The molecule has 0 spiro atoms. The van der Waals surface area contributed by atoms with Crippen molar-refractivity contribution in [2.75, 3.05) is 30.3 Å². The number of nitrogens with one attached hydrogen (secondary N) is 1. The Balaban J connectivity index is 1.63. The molecule has 1 N–H and O–H groups in total. The van der Waals surface area contributed by atoms with Gasteiger partial charge in [-0.3, -0.25) is 9.10 Å². The van der Waals surface area contributed by atoms with Gasteiger partial charge in [-0.25, -0.2) is 8.42 Å². The Morgan fingerprint density at radius 3 is 2.79 bits per heavy atom. The van der Waals surface area contributed by atoms with Crippen LogP contribution >= 0.6 is 11.6 Å². The van der Waals surface area contributed by atoms with Crippen molar-refractivity contribution in [2.24, 2.45) is 0 Å². The molecule has 0 aromatic heterocycles. The molecule has 3 rings (SSSR count). The molecule has 0 unspecified atom stereocenters. The highest BCUT2D eigenvalue weighted by Crippen LogP contribution is 2.35. The van der Waals surface area contributed by atoms with Gasteiger partial charge in [0.15, 0.2) is 6.10 Å². The van der Waals surface area contributed by atoms with Gasteiger partial charge in [0.05, 0.1) is 30.1 Å². The van der Waals surface area contributed by atoms with Crippen molar-refractivity contribution in [3.8, 4) is 11.5 Å². The van der Waals surface area contributed by atoms with E-state index in [2.05, 4.69) is 5.32 Å². The maximum atomic E-state index is 12.5. The van der Waals surface area contributed by atoms with Crippen LogP contribution in [0.25, 0.3) is 0 Å². The number of nitrogens with zero attached hydrogens (tertiary/aromatic N) is 1. The third-order valence-corrected chi connectivity index (χ3v) is 5.63. The topological polar surface area (TPSA) is 84.9 Å². The van der Waals surface area contributed by atoms with Gasteiger partial charge in [-0.1, -0.05) is 29.8 Å². The number of hydrogen-bond donors (Lipinski definition) is 1. The van der Waals surface area contributed by atoms with Crippen molar-refractivity contribution in [1.29, 1.82) is 0 Å². The molecule has 0 radical (unpaired) electrons. The second kappa shape index (κ2) is 8.28. The first-order chi connectivity index (χ1) is 13.3. The van der Waals surface area contributed by atoms with E-state index in [1.54, 1.807) is 42.5 Å². The lowest BCUT2D eigenvalue weighted by Gasteiger charge is -2.34. The minimum atomic E-state index is -3.55. The molecule has 1 heterocycles. The second-order valence-electron chi connectivity index (χ2n) is 6.44. The predicted octanol–water partition coefficient (Wildman–Crippen LogP) is 2.37. The van der Waals surface area contributed by atoms with Crippen LogP contribution in [0.2, 0.25) is 5.02 Å². The molecular weight excluding hydrogens is 404 g/mol. The Morgan fingerprint density at radius 2 is 2.07 bits per heavy atom. The number of sulfonamides is 1. The maximum absolute atomic E-state index is 12.5. The molecule has 9 heteroatoms. The van der Waals surface area contributed by atoms with Crippen LogP contribution in [-0.4, -0.2) is 46.4 Å². The number of halogens is 1. The van der Waals surface area contributed by atoms with Crippen molar-refractivity contribution in [3.63, 3.8) is 0 Å². The fourth-order valence-electron chi connectivity index (χ4n) is 2.82. The molecule has 1 aliphatic rings. The summed E-state index contributed by atoms with van der Waals surface area (Å²) in [5.41, 5.74) is 1.33. The summed E-state index contributed by atoms with van der Waals surface area (Å²) in [6.45, 7) is 2.22. The highest BCUT2D eigenvalue weighted by Gasteiger charge is 2.34. The molecular formula is C19H21ClN2O5S. The zero-order valence-corrected chi connectivity index (χ0v) is 17.1. The largest absolute Gasteiger partial charge is 0.490 e. The summed E-state index contributed by atoms with van der Waals surface area (Å²) in [6.07, 6.45) is 0.151. The van der Waals surface area contributed by atoms with Crippen LogP contribution in [0.4, 0.5) is 5.69 Å². The van der Waals surface area contributed by atoms with Gasteiger partial charge in [-0.15, -0.1) is 0 Å². The first-order valence-electron chi connectivity index (χ1n) is 8.66. The van der Waals surface area contributed by atoms with E-state index in [0.29, 0.717) is 22.2 Å². The van der Waals surface area contributed by atoms with Crippen molar-refractivity contribution in [1.82, 2.24) is 5.32 Å². The molecule has 0 saturated heterocycles. The summed E-state index contributed by atoms with van der Waals surface area (Å²) < 4.78 is 36.8. The van der Waals surface area contributed by atoms with E-state index in [1.165, 1.54) is 4.31 Å². The van der Waals surface area contributed by atoms with Gasteiger partial charge in [-0.2, -0.15) is 0 Å². The average Bonchev–Trinajstić information content (AvgIpc) is 2.64. The number of hydrogen-bond acceptors (Lipinski definition) is 5. The molecule has 0 fully saturated rings. The number of para-hydroxylation sites is 1. The van der Waals surface area contributed by atoms with Gasteiger partial charge < -0.3 is 14.8 Å². The number of carbonyl (C=O) groups is 1. The second-order valence-corrected chi connectivity index (χ2v) is 8.76. The average molecular weight is 425 g/mol. The Labute approximate surface area is 169 Å². The van der Waals surface area contributed by atoms with E-state index in [1.807, 2.05) is 6.92 Å². The summed E-state index contributed by atoms with van der Waals surface area (Å²) in [5, 5.41) is 3.19. The standard InChI is InChI=1S/C19H21ClN2O5S/c1-13-7-8-15-17(11-13)27-18(12-22(15)28(2,24)25)19(23)21-9-10-26-16-6-4-3-5-14(16)20/h3-8,11,18H,9-10,12H2,1-2H3,(H,21,23)/t18-/m0/s1. The monoisotopic (exact) mass is 424 g/mol. The number of benzene rings is 2. The van der Waals surface area contributed by atoms with Crippen LogP contribution in [0.5, 0.6) is 11.5 Å². The number of ether oxygens (including phenoxy) is 2. The van der Waals surface area contributed by atoms with Gasteiger partial charge >= 0.3 is 0 Å². The summed E-state index contributed by atoms with van der Waals surface area (Å²) in [5.74, 6) is 0.479. The van der Waals surface area contributed by atoms with Gasteiger partial charge in [-0.05, 0) is 36.8 Å². The van der Waals surface area contributed by atoms with Gasteiger partial charge in [0.1, 0.15) is 18.1 Å². The molecule has 1 aliphatic heterocycles. The van der Waals surface area contributed by atoms with Crippen molar-refractivity contribution in [2.45, 2.75) is 13.0 Å². The molecule has 150 valence electrons. The smallest absolute Gasteiger partial charge is 0.263 e. The van der Waals surface area contributed by atoms with Gasteiger partial charge in [0.2, 0.25) is 10.0 Å². The lowest BCUT2D eigenvalue weighted by atomic mass is 10.1. The fraction of sp³-hybridized carbons (Fsp3) is 0.316. The van der Waals surface area contributed by atoms with Crippen LogP contribution in [0, 0.1) is 6.92 Å². The maximum Gasteiger partial charge on any atom is 0.263 e. The molecule has 0 saturated carbocycles. The number of carbonyl (C=O) groups excluding carboxylic acids is 1. The Bertz CT molecular complexity index is 980. The predicted molar refractivity (Wildman–Crippen MR) is 108 cm³/mol. The van der Waals surface area contributed by atoms with Crippen LogP contribution in [0.1, 0.15) is 5.56 Å². The Hall–Kier alpha value is -2.45. The SMILES string of the molecule is Cc1ccc2c(c1)O[C@H](C(=O)NCCOc1ccccc1Cl)CN2S(C)(=O)=O. The third-order valence-electron chi connectivity index (χ3n) is 4.17. The number of fused-ring (bicyclic) bond motifs is 1. The molecule has 2 aromatic rings. The van der Waals surface area contributed by atoms with Crippen LogP contribution in [0.3, 0.4) is 0 Å². The Kier molecular flexibility index (Phi) is 6.00. The minimum absolute atomic E-state index is 0.0912. The van der Waals surface area contributed by atoms with Crippen LogP contribution < -0.4 is 19.1 Å². The molecule has 0 bridgehead atoms. The zero-order chi connectivity index (χ0) is 20.3. The van der Waals surface area contributed by atoms with Crippen molar-refractivity contribution >= 4 is 33.2 Å². The highest BCUT2D eigenvalue weighted by molar-refractivity contribution is 7.92. The first-order valence-corrected chi connectivity index (χ1v) is 10.9. The first kappa shape index (κ1) is 20.3. The third kappa shape index (κ3) is 4.69. The molecule has 28 heavy (non-hydrogen) atoms. The minimum Gasteiger partial charge on any atom is -0.490 e. The van der Waals surface area contributed by atoms with E-state index in [9.17, 15) is 13.2 Å². The molecule has 1 amide bonds. The van der Waals surface area contributed by atoms with Crippen molar-refractivity contribution in [3.05, 3.63) is 53.1 Å². The van der Waals surface area contributed by atoms with Gasteiger partial charge in [0, 0.05) is 0 Å². The van der Waals surface area contributed by atoms with E-state index < -0.39 is 22.0 Å². The number of rotatable bonds is 6. The van der Waals surface area contributed by atoms with E-state index in [0.717, 1.165) is 11.8 Å². The summed E-state index contributed by atoms with van der Waals surface area (Å²) in [6, 6.07) is 12.2. The van der Waals surface area contributed by atoms with Crippen molar-refractivity contribution < 1.29 is 22.7 Å². The summed E-state index contributed by atoms with van der Waals surface area (Å²) >= 11 is 6.01. The number of anilines is 1. The van der Waals surface area contributed by atoms with E-state index in [4.69, 9.17) is 21.1 Å². The van der Waals surface area contributed by atoms with Crippen LogP contribution in [0.15, 0.2) is 42.5 Å². The normalized spacial score (nSPS) is 16.1. The summed E-state index contributed by atoms with van der Waals surface area (Å²) in [4.78, 5) is 12.5. The molecule has 7 nitrogen and oxygen atoms in total. The quantitative estimate of drug-likeness (QED) is 0.719. The molecule has 1 atom stereocenters. The summed E-state index contributed by atoms with van der Waals surface area (Å²) in [7, 11) is -3.55.